The lowest BCUT2D eigenvalue weighted by Crippen LogP contribution is -2.47. The first kappa shape index (κ1) is 15.0. The Labute approximate surface area is 128 Å². The Hall–Kier alpha value is -1.96. The molecule has 22 heavy (non-hydrogen) atoms. The average Bonchev–Trinajstić information content (AvgIpc) is 3.30. The third-order valence-electron chi connectivity index (χ3n) is 4.19. The first-order chi connectivity index (χ1) is 10.7. The fraction of sp³-hybridized carbons (Fsp3) is 0.714. The van der Waals surface area contributed by atoms with Gasteiger partial charge in [-0.15, -0.1) is 5.10 Å². The number of likely N-dealkylation sites (tertiary alicyclic amines) is 1. The number of carbonyl (C=O) groups excluding carboxylic acids is 2. The van der Waals surface area contributed by atoms with Crippen molar-refractivity contribution in [3.63, 3.8) is 0 Å². The zero-order valence-electron chi connectivity index (χ0n) is 12.4. The van der Waals surface area contributed by atoms with Crippen LogP contribution in [0.1, 0.15) is 32.1 Å². The largest absolute Gasteiger partial charge is 0.394 e. The van der Waals surface area contributed by atoms with Gasteiger partial charge in [-0.2, -0.15) is 0 Å². The lowest BCUT2D eigenvalue weighted by molar-refractivity contribution is -0.136. The van der Waals surface area contributed by atoms with Gasteiger partial charge in [0.2, 0.25) is 11.8 Å². The number of hydrogen-bond donors (Lipinski definition) is 2. The highest BCUT2D eigenvalue weighted by Gasteiger charge is 2.30. The highest BCUT2D eigenvalue weighted by Crippen LogP contribution is 2.29. The lowest BCUT2D eigenvalue weighted by atomic mass is 10.0. The number of rotatable bonds is 5. The van der Waals surface area contributed by atoms with Crippen LogP contribution in [0.25, 0.3) is 0 Å². The van der Waals surface area contributed by atoms with E-state index in [-0.39, 0.29) is 36.9 Å². The summed E-state index contributed by atoms with van der Waals surface area (Å²) >= 11 is 0. The first-order valence-corrected chi connectivity index (χ1v) is 7.78. The number of nitrogens with zero attached hydrogens (tertiary/aromatic N) is 4. The van der Waals surface area contributed by atoms with Crippen LogP contribution in [-0.4, -0.2) is 56.0 Å². The van der Waals surface area contributed by atoms with Gasteiger partial charge in [-0.25, -0.2) is 4.68 Å². The molecule has 1 aromatic rings. The van der Waals surface area contributed by atoms with Crippen LogP contribution in [0.5, 0.6) is 0 Å². The predicted molar refractivity (Wildman–Crippen MR) is 77.8 cm³/mol. The van der Waals surface area contributed by atoms with E-state index < -0.39 is 0 Å². The SMILES string of the molecule is O=C(Nc1cn(CC(=O)N2CCCCC2CO)nn1)C1CC1. The molecule has 1 saturated heterocycles. The molecule has 3 rings (SSSR count). The standard InChI is InChI=1S/C14H21N5O3/c20-9-11-3-1-2-6-19(11)13(21)8-18-7-12(16-17-18)15-14(22)10-4-5-10/h7,10-11,20H,1-6,8-9H2,(H,15,22). The van der Waals surface area contributed by atoms with Crippen LogP contribution >= 0.6 is 0 Å². The van der Waals surface area contributed by atoms with Gasteiger partial charge in [0.15, 0.2) is 5.82 Å². The van der Waals surface area contributed by atoms with E-state index in [9.17, 15) is 14.7 Å². The molecule has 1 aliphatic heterocycles. The van der Waals surface area contributed by atoms with Crippen molar-refractivity contribution in [3.05, 3.63) is 6.20 Å². The van der Waals surface area contributed by atoms with Gasteiger partial charge in [0.1, 0.15) is 6.54 Å². The number of aliphatic hydroxyl groups excluding tert-OH is 1. The van der Waals surface area contributed by atoms with E-state index in [0.29, 0.717) is 12.4 Å². The molecule has 0 bridgehead atoms. The molecule has 2 heterocycles. The van der Waals surface area contributed by atoms with E-state index in [0.717, 1.165) is 32.1 Å². The van der Waals surface area contributed by atoms with E-state index in [1.165, 1.54) is 4.68 Å². The number of amides is 2. The molecule has 8 heteroatoms. The number of nitrogens with one attached hydrogen (secondary N) is 1. The number of carbonyl (C=O) groups is 2. The van der Waals surface area contributed by atoms with Gasteiger partial charge in [-0.3, -0.25) is 9.59 Å². The Morgan fingerprint density at radius 2 is 2.14 bits per heavy atom. The highest BCUT2D eigenvalue weighted by atomic mass is 16.3. The predicted octanol–water partition coefficient (Wildman–Crippen LogP) is -0.000000000000000666. The summed E-state index contributed by atoms with van der Waals surface area (Å²) in [6, 6.07) is -0.0983. The van der Waals surface area contributed by atoms with Crippen molar-refractivity contribution in [1.82, 2.24) is 19.9 Å². The van der Waals surface area contributed by atoms with E-state index in [2.05, 4.69) is 15.6 Å². The summed E-state index contributed by atoms with van der Waals surface area (Å²) in [4.78, 5) is 25.7. The maximum Gasteiger partial charge on any atom is 0.244 e. The van der Waals surface area contributed by atoms with Crippen molar-refractivity contribution in [2.24, 2.45) is 5.92 Å². The molecule has 1 aromatic heterocycles. The Kier molecular flexibility index (Phi) is 4.37. The fourth-order valence-corrected chi connectivity index (χ4v) is 2.75. The van der Waals surface area contributed by atoms with Crippen molar-refractivity contribution in [1.29, 1.82) is 0 Å². The highest BCUT2D eigenvalue weighted by molar-refractivity contribution is 5.93. The summed E-state index contributed by atoms with van der Waals surface area (Å²) < 4.78 is 1.42. The Bertz CT molecular complexity index is 554. The second kappa shape index (κ2) is 6.43. The van der Waals surface area contributed by atoms with Crippen LogP contribution in [0.4, 0.5) is 5.82 Å². The Balaban J connectivity index is 1.56. The van der Waals surface area contributed by atoms with Crippen molar-refractivity contribution < 1.29 is 14.7 Å². The normalized spacial score (nSPS) is 21.7. The molecule has 2 N–H and O–H groups in total. The zero-order valence-corrected chi connectivity index (χ0v) is 12.4. The number of aromatic nitrogens is 3. The minimum atomic E-state index is -0.0983. The van der Waals surface area contributed by atoms with E-state index in [4.69, 9.17) is 0 Å². The van der Waals surface area contributed by atoms with Crippen LogP contribution in [0.3, 0.4) is 0 Å². The Morgan fingerprint density at radius 3 is 2.86 bits per heavy atom. The molecule has 0 radical (unpaired) electrons. The maximum absolute atomic E-state index is 12.3. The fourth-order valence-electron chi connectivity index (χ4n) is 2.75. The number of anilines is 1. The summed E-state index contributed by atoms with van der Waals surface area (Å²) in [5.74, 6) is 0.367. The smallest absolute Gasteiger partial charge is 0.244 e. The number of piperidine rings is 1. The molecule has 1 atom stereocenters. The molecule has 1 unspecified atom stereocenters. The zero-order chi connectivity index (χ0) is 15.5. The minimum Gasteiger partial charge on any atom is -0.394 e. The van der Waals surface area contributed by atoms with Gasteiger partial charge in [0.05, 0.1) is 18.8 Å². The van der Waals surface area contributed by atoms with Gasteiger partial charge >= 0.3 is 0 Å². The van der Waals surface area contributed by atoms with Crippen LogP contribution in [0.15, 0.2) is 6.20 Å². The second-order valence-corrected chi connectivity index (χ2v) is 5.98. The second-order valence-electron chi connectivity index (χ2n) is 5.98. The quantitative estimate of drug-likeness (QED) is 0.797. The maximum atomic E-state index is 12.3. The van der Waals surface area contributed by atoms with Crippen molar-refractivity contribution in [2.45, 2.75) is 44.7 Å². The topological polar surface area (TPSA) is 100 Å². The third-order valence-corrected chi connectivity index (χ3v) is 4.19. The molecular weight excluding hydrogens is 286 g/mol. The van der Waals surface area contributed by atoms with Crippen LogP contribution in [0.2, 0.25) is 0 Å². The molecule has 2 fully saturated rings. The van der Waals surface area contributed by atoms with Gasteiger partial charge < -0.3 is 15.3 Å². The van der Waals surface area contributed by atoms with Crippen molar-refractivity contribution in [3.8, 4) is 0 Å². The van der Waals surface area contributed by atoms with Gasteiger partial charge in [0.25, 0.3) is 0 Å². The van der Waals surface area contributed by atoms with Crippen molar-refractivity contribution in [2.75, 3.05) is 18.5 Å². The van der Waals surface area contributed by atoms with Crippen LogP contribution in [-0.2, 0) is 16.1 Å². The molecule has 2 aliphatic rings. The molecule has 2 amide bonds. The third kappa shape index (κ3) is 3.44. The number of hydrogen-bond acceptors (Lipinski definition) is 5. The van der Waals surface area contributed by atoms with Gasteiger partial charge in [-0.05, 0) is 32.1 Å². The molecule has 1 aliphatic carbocycles. The van der Waals surface area contributed by atoms with Crippen LogP contribution < -0.4 is 5.32 Å². The van der Waals surface area contributed by atoms with Crippen LogP contribution in [0, 0.1) is 5.92 Å². The lowest BCUT2D eigenvalue weighted by Gasteiger charge is -2.34. The molecule has 1 saturated carbocycles. The van der Waals surface area contributed by atoms with E-state index in [1.807, 2.05) is 0 Å². The molecule has 120 valence electrons. The van der Waals surface area contributed by atoms with Gasteiger partial charge in [0, 0.05) is 12.5 Å². The van der Waals surface area contributed by atoms with Crippen molar-refractivity contribution >= 4 is 17.6 Å². The Morgan fingerprint density at radius 1 is 1.32 bits per heavy atom. The monoisotopic (exact) mass is 307 g/mol. The molecule has 0 spiro atoms. The summed E-state index contributed by atoms with van der Waals surface area (Å²) in [7, 11) is 0. The minimum absolute atomic E-state index is 0.00814. The van der Waals surface area contributed by atoms with E-state index >= 15 is 0 Å². The van der Waals surface area contributed by atoms with E-state index in [1.54, 1.807) is 11.1 Å². The molecule has 0 aromatic carbocycles. The first-order valence-electron chi connectivity index (χ1n) is 7.78. The summed E-state index contributed by atoms with van der Waals surface area (Å²) in [5, 5.41) is 19.8. The summed E-state index contributed by atoms with van der Waals surface area (Å²) in [5.41, 5.74) is 0. The summed E-state index contributed by atoms with van der Waals surface area (Å²) in [6.45, 7) is 0.735. The van der Waals surface area contributed by atoms with Gasteiger partial charge in [-0.1, -0.05) is 5.21 Å². The number of aliphatic hydroxyl groups is 1. The molecule has 8 nitrogen and oxygen atoms in total. The average molecular weight is 307 g/mol. The molecular formula is C14H21N5O3. The summed E-state index contributed by atoms with van der Waals surface area (Å²) in [6.07, 6.45) is 6.25.